The van der Waals surface area contributed by atoms with Gasteiger partial charge in [0.2, 0.25) is 5.91 Å². The predicted octanol–water partition coefficient (Wildman–Crippen LogP) is 4.94. The number of Topliss-reactive ketones (excluding diaryl/α,β-unsaturated/α-hetero) is 1. The Morgan fingerprint density at radius 3 is 2.52 bits per heavy atom. The van der Waals surface area contributed by atoms with Gasteiger partial charge in [-0.1, -0.05) is 67.8 Å². The number of ether oxygens (including phenoxy) is 1. The van der Waals surface area contributed by atoms with Crippen LogP contribution in [0.4, 0.5) is 0 Å². The highest BCUT2D eigenvalue weighted by Crippen LogP contribution is 2.62. The molecule has 0 bridgehead atoms. The van der Waals surface area contributed by atoms with Gasteiger partial charge >= 0.3 is 0 Å². The summed E-state index contributed by atoms with van der Waals surface area (Å²) in [4.78, 5) is 28.4. The number of allylic oxidation sites excluding steroid dienone is 1. The van der Waals surface area contributed by atoms with E-state index >= 15 is 0 Å². The first kappa shape index (κ1) is 22.2. The second-order valence-electron chi connectivity index (χ2n) is 9.52. The van der Waals surface area contributed by atoms with E-state index in [1.165, 1.54) is 0 Å². The normalized spacial score (nSPS) is 30.4. The fraction of sp³-hybridized carbons (Fsp3) is 0.538. The van der Waals surface area contributed by atoms with E-state index in [2.05, 4.69) is 12.1 Å². The quantitative estimate of drug-likeness (QED) is 0.590. The molecule has 4 aliphatic rings. The summed E-state index contributed by atoms with van der Waals surface area (Å²) in [6, 6.07) is 13.7. The molecule has 1 aromatic rings. The molecule has 5 rings (SSSR count). The van der Waals surface area contributed by atoms with Gasteiger partial charge in [0.15, 0.2) is 11.5 Å². The number of carbonyl (C=O) groups is 2. The third-order valence-electron chi connectivity index (χ3n) is 7.86. The van der Waals surface area contributed by atoms with Gasteiger partial charge in [0.05, 0.1) is 28.0 Å². The van der Waals surface area contributed by atoms with Gasteiger partial charge in [-0.3, -0.25) is 14.5 Å². The zero-order valence-corrected chi connectivity index (χ0v) is 19.4. The lowest BCUT2D eigenvalue weighted by molar-refractivity contribution is -0.175. The van der Waals surface area contributed by atoms with Crippen LogP contribution in [0.2, 0.25) is 0 Å². The Labute approximate surface area is 198 Å². The van der Waals surface area contributed by atoms with Crippen LogP contribution < -0.4 is 0 Å². The summed E-state index contributed by atoms with van der Waals surface area (Å²) in [5.74, 6) is -1.28. The van der Waals surface area contributed by atoms with Crippen molar-refractivity contribution in [3.8, 4) is 12.1 Å². The molecule has 0 N–H and O–H groups in total. The van der Waals surface area contributed by atoms with E-state index in [4.69, 9.17) is 4.74 Å². The van der Waals surface area contributed by atoms with Crippen molar-refractivity contribution >= 4 is 23.5 Å². The maximum absolute atomic E-state index is 13.9. The fourth-order valence-corrected chi connectivity index (χ4v) is 7.97. The maximum Gasteiger partial charge on any atom is 0.248 e. The standard InChI is InChI=1S/C26H27N3O3S/c27-15-19-23(31)29-24(20(16-28)25(19)12-6-2-7-13-25)33-22-11-5-8-14-26(22,29)32-17-21(30)18-9-3-1-4-10-18/h1,3-4,9-10,19,22H,2,5-8,11-14,17H2. The number of nitriles is 2. The fourth-order valence-electron chi connectivity index (χ4n) is 6.23. The molecule has 3 atom stereocenters. The number of rotatable bonds is 4. The molecule has 1 amide bonds. The third-order valence-corrected chi connectivity index (χ3v) is 9.36. The van der Waals surface area contributed by atoms with Gasteiger partial charge < -0.3 is 4.74 Å². The first-order chi connectivity index (χ1) is 16.1. The molecule has 1 aromatic carbocycles. The molecule has 0 radical (unpaired) electrons. The number of amides is 1. The molecule has 1 saturated heterocycles. The van der Waals surface area contributed by atoms with Crippen LogP contribution in [0.1, 0.15) is 68.1 Å². The van der Waals surface area contributed by atoms with Gasteiger partial charge in [-0.15, -0.1) is 0 Å². The number of ketones is 1. The molecule has 2 saturated carbocycles. The lowest BCUT2D eigenvalue weighted by atomic mass is 9.60. The van der Waals surface area contributed by atoms with E-state index in [0.717, 1.165) is 38.5 Å². The molecule has 3 fully saturated rings. The first-order valence-corrected chi connectivity index (χ1v) is 12.7. The predicted molar refractivity (Wildman–Crippen MR) is 123 cm³/mol. The Morgan fingerprint density at radius 2 is 1.82 bits per heavy atom. The molecule has 2 aliphatic carbocycles. The summed E-state index contributed by atoms with van der Waals surface area (Å²) in [6.07, 6.45) is 7.64. The van der Waals surface area contributed by atoms with Gasteiger partial charge in [0.25, 0.3) is 0 Å². The number of nitrogens with zero attached hydrogens (tertiary/aromatic N) is 3. The summed E-state index contributed by atoms with van der Waals surface area (Å²) in [5, 5.41) is 21.0. The summed E-state index contributed by atoms with van der Waals surface area (Å²) < 4.78 is 6.39. The van der Waals surface area contributed by atoms with E-state index in [0.29, 0.717) is 35.4 Å². The lowest BCUT2D eigenvalue weighted by Crippen LogP contribution is -2.61. The molecule has 1 spiro atoms. The van der Waals surface area contributed by atoms with E-state index in [9.17, 15) is 20.1 Å². The minimum atomic E-state index is -0.979. The van der Waals surface area contributed by atoms with Crippen LogP contribution in [-0.4, -0.2) is 34.2 Å². The summed E-state index contributed by atoms with van der Waals surface area (Å²) >= 11 is 1.56. The van der Waals surface area contributed by atoms with Crippen molar-refractivity contribution in [3.63, 3.8) is 0 Å². The maximum atomic E-state index is 13.9. The number of hydrogen-bond acceptors (Lipinski definition) is 6. The van der Waals surface area contributed by atoms with Crippen LogP contribution in [0.3, 0.4) is 0 Å². The van der Waals surface area contributed by atoms with Crippen molar-refractivity contribution in [2.45, 2.75) is 68.8 Å². The Bertz CT molecular complexity index is 1080. The van der Waals surface area contributed by atoms with Crippen LogP contribution >= 0.6 is 11.8 Å². The van der Waals surface area contributed by atoms with Crippen molar-refractivity contribution in [1.29, 1.82) is 10.5 Å². The van der Waals surface area contributed by atoms with Gasteiger partial charge in [-0.05, 0) is 32.1 Å². The van der Waals surface area contributed by atoms with Crippen molar-refractivity contribution in [1.82, 2.24) is 4.90 Å². The zero-order chi connectivity index (χ0) is 23.1. The average Bonchev–Trinajstić information content (AvgIpc) is 3.19. The Hall–Kier alpha value is -2.61. The van der Waals surface area contributed by atoms with E-state index in [1.807, 2.05) is 18.2 Å². The van der Waals surface area contributed by atoms with Crippen LogP contribution in [0.25, 0.3) is 0 Å². The highest BCUT2D eigenvalue weighted by molar-refractivity contribution is 8.04. The average molecular weight is 462 g/mol. The van der Waals surface area contributed by atoms with E-state index in [-0.39, 0.29) is 23.5 Å². The Balaban J connectivity index is 1.56. The number of thioether (sulfide) groups is 1. The molecule has 33 heavy (non-hydrogen) atoms. The Morgan fingerprint density at radius 1 is 1.09 bits per heavy atom. The lowest BCUT2D eigenvalue weighted by Gasteiger charge is -2.50. The molecular weight excluding hydrogens is 434 g/mol. The molecule has 7 heteroatoms. The number of fused-ring (bicyclic) bond motifs is 3. The van der Waals surface area contributed by atoms with Gasteiger partial charge in [-0.2, -0.15) is 10.5 Å². The van der Waals surface area contributed by atoms with E-state index < -0.39 is 17.1 Å². The second kappa shape index (κ2) is 8.63. The van der Waals surface area contributed by atoms with Gasteiger partial charge in [-0.25, -0.2) is 0 Å². The molecule has 2 heterocycles. The number of carbonyl (C=O) groups excluding carboxylic acids is 2. The van der Waals surface area contributed by atoms with Crippen LogP contribution in [0.15, 0.2) is 40.9 Å². The van der Waals surface area contributed by atoms with Crippen molar-refractivity contribution < 1.29 is 14.3 Å². The second-order valence-corrected chi connectivity index (χ2v) is 10.7. The summed E-state index contributed by atoms with van der Waals surface area (Å²) in [6.45, 7) is -0.137. The SMILES string of the molecule is N#CC1=C2SC3CCCCC3(OCC(=O)c3ccccc3)N2C(=O)C(C#N)C12CCCCC2. The van der Waals surface area contributed by atoms with Gasteiger partial charge in [0.1, 0.15) is 12.5 Å². The first-order valence-electron chi connectivity index (χ1n) is 11.8. The molecule has 6 nitrogen and oxygen atoms in total. The molecule has 2 aliphatic heterocycles. The van der Waals surface area contributed by atoms with Crippen molar-refractivity contribution in [2.75, 3.05) is 6.61 Å². The van der Waals surface area contributed by atoms with Gasteiger partial charge in [0, 0.05) is 11.0 Å². The Kier molecular flexibility index (Phi) is 5.80. The van der Waals surface area contributed by atoms with E-state index in [1.54, 1.807) is 28.8 Å². The summed E-state index contributed by atoms with van der Waals surface area (Å²) in [7, 11) is 0. The van der Waals surface area contributed by atoms with Crippen molar-refractivity contribution in [2.24, 2.45) is 11.3 Å². The summed E-state index contributed by atoms with van der Waals surface area (Å²) in [5.41, 5.74) is -0.508. The molecule has 170 valence electrons. The zero-order valence-electron chi connectivity index (χ0n) is 18.6. The largest absolute Gasteiger partial charge is 0.346 e. The van der Waals surface area contributed by atoms with Crippen LogP contribution in [-0.2, 0) is 9.53 Å². The third kappa shape index (κ3) is 3.33. The smallest absolute Gasteiger partial charge is 0.248 e. The van der Waals surface area contributed by atoms with Crippen molar-refractivity contribution in [3.05, 3.63) is 46.5 Å². The topological polar surface area (TPSA) is 94.2 Å². The highest BCUT2D eigenvalue weighted by atomic mass is 32.2. The highest BCUT2D eigenvalue weighted by Gasteiger charge is 2.64. The minimum Gasteiger partial charge on any atom is -0.346 e. The molecule has 3 unspecified atom stereocenters. The van der Waals surface area contributed by atoms with Crippen LogP contribution in [0, 0.1) is 34.0 Å². The molecule has 0 aromatic heterocycles. The number of benzene rings is 1. The monoisotopic (exact) mass is 461 g/mol. The minimum absolute atomic E-state index is 0.0461. The van der Waals surface area contributed by atoms with Crippen LogP contribution in [0.5, 0.6) is 0 Å². The number of hydrogen-bond donors (Lipinski definition) is 0. The molecular formula is C26H27N3O3S.